The molecule has 0 aliphatic rings. The number of hydrogen-bond acceptors (Lipinski definition) is 3. The Labute approximate surface area is 124 Å². The fraction of sp³-hybridized carbons (Fsp3) is 0.357. The quantitative estimate of drug-likeness (QED) is 0.648. The van der Waals surface area contributed by atoms with E-state index in [4.69, 9.17) is 5.11 Å². The van der Waals surface area contributed by atoms with E-state index in [1.54, 1.807) is 24.3 Å². The maximum absolute atomic E-state index is 11.9. The van der Waals surface area contributed by atoms with Crippen LogP contribution in [0.5, 0.6) is 0 Å². The number of carbonyl (C=O) groups excluding carboxylic acids is 1. The van der Waals surface area contributed by atoms with E-state index in [1.807, 2.05) is 0 Å². The van der Waals surface area contributed by atoms with E-state index in [9.17, 15) is 18.0 Å². The molecule has 0 saturated carbocycles. The van der Waals surface area contributed by atoms with E-state index in [2.05, 4.69) is 17.2 Å². The molecule has 0 aliphatic carbocycles. The van der Waals surface area contributed by atoms with E-state index in [0.717, 1.165) is 0 Å². The van der Waals surface area contributed by atoms with Crippen molar-refractivity contribution in [2.45, 2.75) is 11.9 Å². The summed E-state index contributed by atoms with van der Waals surface area (Å²) >= 11 is -0.169. The van der Waals surface area contributed by atoms with Crippen LogP contribution in [-0.2, 0) is 0 Å². The molecular formula is C14H14F3NO2S. The second-order valence-corrected chi connectivity index (χ2v) is 5.06. The van der Waals surface area contributed by atoms with Crippen molar-refractivity contribution in [1.29, 1.82) is 0 Å². The zero-order chi connectivity index (χ0) is 15.7. The van der Waals surface area contributed by atoms with Gasteiger partial charge in [0.2, 0.25) is 0 Å². The van der Waals surface area contributed by atoms with Gasteiger partial charge in [-0.25, -0.2) is 0 Å². The molecule has 0 aliphatic heterocycles. The summed E-state index contributed by atoms with van der Waals surface area (Å²) in [5.41, 5.74) is -3.22. The maximum Gasteiger partial charge on any atom is 0.441 e. The van der Waals surface area contributed by atoms with Gasteiger partial charge in [-0.3, -0.25) is 4.79 Å². The van der Waals surface area contributed by atoms with Crippen LogP contribution in [0.1, 0.15) is 22.3 Å². The molecule has 0 atom stereocenters. The minimum atomic E-state index is -4.28. The summed E-state index contributed by atoms with van der Waals surface area (Å²) < 4.78 is 35.7. The van der Waals surface area contributed by atoms with Crippen LogP contribution in [0.25, 0.3) is 0 Å². The number of hydrogen-bond donors (Lipinski definition) is 2. The van der Waals surface area contributed by atoms with Crippen LogP contribution >= 0.6 is 11.8 Å². The molecule has 1 aromatic carbocycles. The summed E-state index contributed by atoms with van der Waals surface area (Å²) in [6.45, 7) is -0.0650. The highest BCUT2D eigenvalue weighted by molar-refractivity contribution is 8.00. The first-order valence-electron chi connectivity index (χ1n) is 6.11. The van der Waals surface area contributed by atoms with Gasteiger partial charge in [0, 0.05) is 29.8 Å². The van der Waals surface area contributed by atoms with Gasteiger partial charge < -0.3 is 10.4 Å². The van der Waals surface area contributed by atoms with E-state index in [0.29, 0.717) is 17.5 Å². The molecule has 1 amide bonds. The van der Waals surface area contributed by atoms with Gasteiger partial charge in [0.15, 0.2) is 0 Å². The summed E-state index contributed by atoms with van der Waals surface area (Å²) in [5, 5.41) is 11.0. The van der Waals surface area contributed by atoms with Gasteiger partial charge in [-0.15, -0.1) is 0 Å². The van der Waals surface area contributed by atoms with Crippen LogP contribution in [0, 0.1) is 11.8 Å². The molecule has 0 heterocycles. The van der Waals surface area contributed by atoms with E-state index in [-0.39, 0.29) is 30.7 Å². The average molecular weight is 317 g/mol. The third-order valence-electron chi connectivity index (χ3n) is 2.27. The summed E-state index contributed by atoms with van der Waals surface area (Å²) in [5.74, 6) is 4.91. The number of carbonyl (C=O) groups is 1. The normalized spacial score (nSPS) is 10.7. The molecule has 0 unspecified atom stereocenters. The van der Waals surface area contributed by atoms with Gasteiger partial charge >= 0.3 is 5.51 Å². The highest BCUT2D eigenvalue weighted by atomic mass is 32.2. The van der Waals surface area contributed by atoms with Crippen LogP contribution in [0.15, 0.2) is 24.3 Å². The Bertz CT molecular complexity index is 518. The summed E-state index contributed by atoms with van der Waals surface area (Å²) in [7, 11) is 0. The minimum absolute atomic E-state index is 0.0105. The fourth-order valence-corrected chi connectivity index (χ4v) is 1.79. The third kappa shape index (κ3) is 7.63. The minimum Gasteiger partial charge on any atom is -0.395 e. The van der Waals surface area contributed by atoms with Gasteiger partial charge in [0.05, 0.1) is 6.61 Å². The van der Waals surface area contributed by atoms with Crippen LogP contribution in [0.4, 0.5) is 13.2 Å². The van der Waals surface area contributed by atoms with Crippen molar-refractivity contribution in [2.24, 2.45) is 0 Å². The average Bonchev–Trinajstić information content (AvgIpc) is 2.43. The lowest BCUT2D eigenvalue weighted by Gasteiger charge is -2.07. The molecular weight excluding hydrogens is 303 g/mol. The predicted molar refractivity (Wildman–Crippen MR) is 75.9 cm³/mol. The van der Waals surface area contributed by atoms with Crippen molar-refractivity contribution in [3.8, 4) is 11.8 Å². The maximum atomic E-state index is 11.9. The Morgan fingerprint density at radius 2 is 1.95 bits per heavy atom. The molecule has 21 heavy (non-hydrogen) atoms. The number of thioether (sulfide) groups is 1. The topological polar surface area (TPSA) is 49.3 Å². The molecule has 0 saturated heterocycles. The molecule has 0 fully saturated rings. The Morgan fingerprint density at radius 3 is 2.52 bits per heavy atom. The van der Waals surface area contributed by atoms with Gasteiger partial charge in [-0.2, -0.15) is 13.2 Å². The van der Waals surface area contributed by atoms with Gasteiger partial charge in [-0.1, -0.05) is 11.8 Å². The zero-order valence-electron chi connectivity index (χ0n) is 11.0. The Kier molecular flexibility index (Phi) is 7.12. The highest BCUT2D eigenvalue weighted by Crippen LogP contribution is 2.29. The summed E-state index contributed by atoms with van der Waals surface area (Å²) in [4.78, 5) is 11.7. The second-order valence-electron chi connectivity index (χ2n) is 3.90. The van der Waals surface area contributed by atoms with Crippen molar-refractivity contribution < 1.29 is 23.1 Å². The molecule has 0 spiro atoms. The van der Waals surface area contributed by atoms with E-state index >= 15 is 0 Å². The Morgan fingerprint density at radius 1 is 1.29 bits per heavy atom. The van der Waals surface area contributed by atoms with Gasteiger partial charge in [0.25, 0.3) is 5.91 Å². The summed E-state index contributed by atoms with van der Waals surface area (Å²) in [6, 6.07) is 6.39. The SMILES string of the molecule is O=C(NCCSC(F)(F)F)c1ccc(C#CCCO)cc1. The predicted octanol–water partition coefficient (Wildman–Crippen LogP) is 2.40. The molecule has 3 nitrogen and oxygen atoms in total. The van der Waals surface area contributed by atoms with Crippen molar-refractivity contribution in [1.82, 2.24) is 5.32 Å². The Hall–Kier alpha value is -1.65. The first-order valence-corrected chi connectivity index (χ1v) is 7.09. The van der Waals surface area contributed by atoms with Crippen molar-refractivity contribution >= 4 is 17.7 Å². The first kappa shape index (κ1) is 17.4. The number of aliphatic hydroxyl groups excluding tert-OH is 1. The lowest BCUT2D eigenvalue weighted by Crippen LogP contribution is -2.26. The van der Waals surface area contributed by atoms with Gasteiger partial charge in [-0.05, 0) is 36.0 Å². The lowest BCUT2D eigenvalue weighted by atomic mass is 10.1. The fourth-order valence-electron chi connectivity index (χ4n) is 1.36. The number of nitrogens with one attached hydrogen (secondary N) is 1. The smallest absolute Gasteiger partial charge is 0.395 e. The number of benzene rings is 1. The molecule has 114 valence electrons. The monoisotopic (exact) mass is 317 g/mol. The standard InChI is InChI=1S/C14H14F3NO2S/c15-14(16,17)21-10-8-18-13(20)12-6-4-11(5-7-12)3-1-2-9-19/h4-7,19H,2,8-10H2,(H,18,20). The van der Waals surface area contributed by atoms with E-state index in [1.165, 1.54) is 0 Å². The van der Waals surface area contributed by atoms with E-state index < -0.39 is 11.4 Å². The highest BCUT2D eigenvalue weighted by Gasteiger charge is 2.27. The van der Waals surface area contributed by atoms with Crippen LogP contribution in [0.2, 0.25) is 0 Å². The van der Waals surface area contributed by atoms with Crippen molar-refractivity contribution in [3.63, 3.8) is 0 Å². The first-order chi connectivity index (χ1) is 9.92. The number of amides is 1. The molecule has 1 rings (SSSR count). The molecule has 0 aromatic heterocycles. The van der Waals surface area contributed by atoms with Crippen LogP contribution in [-0.4, -0.2) is 35.4 Å². The molecule has 0 bridgehead atoms. The molecule has 0 radical (unpaired) electrons. The van der Waals surface area contributed by atoms with Crippen LogP contribution in [0.3, 0.4) is 0 Å². The molecule has 7 heteroatoms. The second kappa shape index (κ2) is 8.60. The van der Waals surface area contributed by atoms with Gasteiger partial charge in [0.1, 0.15) is 0 Å². The van der Waals surface area contributed by atoms with Crippen LogP contribution < -0.4 is 5.32 Å². The number of aliphatic hydroxyl groups is 1. The summed E-state index contributed by atoms with van der Waals surface area (Å²) in [6.07, 6.45) is 0.374. The lowest BCUT2D eigenvalue weighted by molar-refractivity contribution is -0.0327. The zero-order valence-corrected chi connectivity index (χ0v) is 11.9. The molecule has 1 aromatic rings. The van der Waals surface area contributed by atoms with Crippen molar-refractivity contribution in [2.75, 3.05) is 18.9 Å². The largest absolute Gasteiger partial charge is 0.441 e. The number of halogens is 3. The number of alkyl halides is 3. The number of rotatable bonds is 5. The Balaban J connectivity index is 2.43. The van der Waals surface area contributed by atoms with Crippen molar-refractivity contribution in [3.05, 3.63) is 35.4 Å². The third-order valence-corrected chi connectivity index (χ3v) is 3.01. The molecule has 2 N–H and O–H groups in total.